The van der Waals surface area contributed by atoms with Crippen molar-refractivity contribution >= 4 is 17.5 Å². The molecule has 0 aliphatic heterocycles. The topological polar surface area (TPSA) is 67.8 Å². The number of carbonyl (C=O) groups is 1. The zero-order valence-corrected chi connectivity index (χ0v) is 17.7. The molecule has 1 unspecified atom stereocenters. The SMILES string of the molecule is C#CCOc1ccc([C@@H]2CCCC[C@H]2NC(=O)C(O)c2ccc(Cl)cc2)cc1OC. The number of aliphatic hydroxyl groups is 1. The van der Waals surface area contributed by atoms with Gasteiger partial charge in [-0.25, -0.2) is 0 Å². The Labute approximate surface area is 182 Å². The molecule has 3 atom stereocenters. The minimum atomic E-state index is -1.24. The van der Waals surface area contributed by atoms with Gasteiger partial charge in [0, 0.05) is 17.0 Å². The van der Waals surface area contributed by atoms with Crippen molar-refractivity contribution in [3.63, 3.8) is 0 Å². The van der Waals surface area contributed by atoms with Gasteiger partial charge in [0.05, 0.1) is 7.11 Å². The van der Waals surface area contributed by atoms with Gasteiger partial charge >= 0.3 is 0 Å². The fraction of sp³-hybridized carbons (Fsp3) is 0.375. The number of amides is 1. The molecule has 0 aromatic heterocycles. The molecule has 2 aromatic carbocycles. The van der Waals surface area contributed by atoms with Crippen LogP contribution in [0.5, 0.6) is 11.5 Å². The third-order valence-corrected chi connectivity index (χ3v) is 5.71. The Kier molecular flexibility index (Phi) is 7.62. The van der Waals surface area contributed by atoms with Crippen molar-refractivity contribution in [3.8, 4) is 23.8 Å². The van der Waals surface area contributed by atoms with Crippen LogP contribution in [0, 0.1) is 12.3 Å². The molecule has 1 aliphatic rings. The van der Waals surface area contributed by atoms with Crippen LogP contribution < -0.4 is 14.8 Å². The third kappa shape index (κ3) is 5.27. The molecule has 1 aliphatic carbocycles. The molecular weight excluding hydrogens is 402 g/mol. The van der Waals surface area contributed by atoms with Crippen LogP contribution in [0.25, 0.3) is 0 Å². The van der Waals surface area contributed by atoms with Crippen LogP contribution in [0.4, 0.5) is 0 Å². The van der Waals surface area contributed by atoms with E-state index in [0.717, 1.165) is 31.2 Å². The summed E-state index contributed by atoms with van der Waals surface area (Å²) in [5, 5.41) is 14.1. The van der Waals surface area contributed by atoms with Gasteiger partial charge in [0.1, 0.15) is 6.61 Å². The van der Waals surface area contributed by atoms with Gasteiger partial charge in [0.2, 0.25) is 0 Å². The van der Waals surface area contributed by atoms with E-state index in [1.165, 1.54) is 0 Å². The lowest BCUT2D eigenvalue weighted by Gasteiger charge is -2.33. The molecule has 5 nitrogen and oxygen atoms in total. The first-order valence-electron chi connectivity index (χ1n) is 10.0. The zero-order valence-electron chi connectivity index (χ0n) is 16.9. The predicted molar refractivity (Wildman–Crippen MR) is 117 cm³/mol. The van der Waals surface area contributed by atoms with Crippen molar-refractivity contribution < 1.29 is 19.4 Å². The Morgan fingerprint density at radius 2 is 1.97 bits per heavy atom. The number of ether oxygens (including phenoxy) is 2. The number of terminal acetylenes is 1. The van der Waals surface area contributed by atoms with Crippen molar-refractivity contribution in [3.05, 3.63) is 58.6 Å². The first-order valence-corrected chi connectivity index (χ1v) is 10.4. The summed E-state index contributed by atoms with van der Waals surface area (Å²) in [6.45, 7) is 0.167. The van der Waals surface area contributed by atoms with Gasteiger partial charge in [0.25, 0.3) is 5.91 Å². The van der Waals surface area contributed by atoms with Crippen molar-refractivity contribution in [2.75, 3.05) is 13.7 Å². The van der Waals surface area contributed by atoms with Crippen LogP contribution in [0.1, 0.15) is 48.8 Å². The molecule has 0 saturated heterocycles. The molecule has 3 rings (SSSR count). The molecule has 1 saturated carbocycles. The maximum Gasteiger partial charge on any atom is 0.253 e. The van der Waals surface area contributed by atoms with Gasteiger partial charge in [-0.2, -0.15) is 0 Å². The summed E-state index contributed by atoms with van der Waals surface area (Å²) >= 11 is 5.89. The van der Waals surface area contributed by atoms with E-state index in [0.29, 0.717) is 22.1 Å². The quantitative estimate of drug-likeness (QED) is 0.648. The van der Waals surface area contributed by atoms with Crippen LogP contribution in [0.3, 0.4) is 0 Å². The Hall–Kier alpha value is -2.68. The first-order chi connectivity index (χ1) is 14.5. The van der Waals surface area contributed by atoms with E-state index < -0.39 is 12.0 Å². The average Bonchev–Trinajstić information content (AvgIpc) is 2.78. The summed E-state index contributed by atoms with van der Waals surface area (Å²) < 4.78 is 11.0. The third-order valence-electron chi connectivity index (χ3n) is 5.45. The largest absolute Gasteiger partial charge is 0.493 e. The predicted octanol–water partition coefficient (Wildman–Crippen LogP) is 4.24. The second-order valence-electron chi connectivity index (χ2n) is 7.36. The highest BCUT2D eigenvalue weighted by atomic mass is 35.5. The summed E-state index contributed by atoms with van der Waals surface area (Å²) in [5.41, 5.74) is 1.58. The molecule has 0 bridgehead atoms. The number of methoxy groups -OCH3 is 1. The van der Waals surface area contributed by atoms with E-state index in [-0.39, 0.29) is 18.6 Å². The Morgan fingerprint density at radius 3 is 2.67 bits per heavy atom. The zero-order chi connectivity index (χ0) is 21.5. The van der Waals surface area contributed by atoms with Gasteiger partial charge in [-0.15, -0.1) is 6.42 Å². The van der Waals surface area contributed by atoms with Crippen LogP contribution in [0.2, 0.25) is 5.02 Å². The van der Waals surface area contributed by atoms with Crippen molar-refractivity contribution in [2.24, 2.45) is 0 Å². The maximum atomic E-state index is 12.7. The van der Waals surface area contributed by atoms with E-state index in [4.69, 9.17) is 27.5 Å². The molecule has 1 amide bonds. The molecule has 2 aromatic rings. The van der Waals surface area contributed by atoms with E-state index in [2.05, 4.69) is 11.2 Å². The van der Waals surface area contributed by atoms with E-state index in [1.54, 1.807) is 31.4 Å². The number of halogens is 1. The Balaban J connectivity index is 1.75. The molecule has 158 valence electrons. The summed E-state index contributed by atoms with van der Waals surface area (Å²) in [4.78, 5) is 12.7. The Morgan fingerprint density at radius 1 is 1.23 bits per heavy atom. The van der Waals surface area contributed by atoms with Crippen molar-refractivity contribution in [1.29, 1.82) is 0 Å². The maximum absolute atomic E-state index is 12.7. The fourth-order valence-corrected chi connectivity index (χ4v) is 4.04. The van der Waals surface area contributed by atoms with Gasteiger partial charge in [-0.1, -0.05) is 48.6 Å². The van der Waals surface area contributed by atoms with Crippen LogP contribution in [0.15, 0.2) is 42.5 Å². The molecule has 30 heavy (non-hydrogen) atoms. The molecule has 2 N–H and O–H groups in total. The summed E-state index contributed by atoms with van der Waals surface area (Å²) in [7, 11) is 1.59. The number of hydrogen-bond donors (Lipinski definition) is 2. The van der Waals surface area contributed by atoms with Gasteiger partial charge in [0.15, 0.2) is 17.6 Å². The number of rotatable bonds is 7. The first kappa shape index (κ1) is 22.0. The molecule has 1 fully saturated rings. The van der Waals surface area contributed by atoms with Gasteiger partial charge < -0.3 is 19.9 Å². The number of hydrogen-bond acceptors (Lipinski definition) is 4. The average molecular weight is 428 g/mol. The van der Waals surface area contributed by atoms with E-state index in [9.17, 15) is 9.90 Å². The number of nitrogens with one attached hydrogen (secondary N) is 1. The monoisotopic (exact) mass is 427 g/mol. The van der Waals surface area contributed by atoms with Crippen LogP contribution in [-0.2, 0) is 4.79 Å². The molecule has 6 heteroatoms. The highest BCUT2D eigenvalue weighted by Gasteiger charge is 2.30. The fourth-order valence-electron chi connectivity index (χ4n) is 3.91. The summed E-state index contributed by atoms with van der Waals surface area (Å²) in [5.74, 6) is 3.36. The van der Waals surface area contributed by atoms with E-state index >= 15 is 0 Å². The lowest BCUT2D eigenvalue weighted by atomic mass is 9.79. The molecule has 0 heterocycles. The van der Waals surface area contributed by atoms with Gasteiger partial charge in [-0.3, -0.25) is 4.79 Å². The van der Waals surface area contributed by atoms with Crippen LogP contribution in [-0.4, -0.2) is 30.8 Å². The number of benzene rings is 2. The van der Waals surface area contributed by atoms with Gasteiger partial charge in [-0.05, 0) is 48.2 Å². The smallest absolute Gasteiger partial charge is 0.253 e. The lowest BCUT2D eigenvalue weighted by Crippen LogP contribution is -2.43. The highest BCUT2D eigenvalue weighted by molar-refractivity contribution is 6.30. The molecule has 0 radical (unpaired) electrons. The molecule has 0 spiro atoms. The van der Waals surface area contributed by atoms with E-state index in [1.807, 2.05) is 18.2 Å². The Bertz CT molecular complexity index is 906. The van der Waals surface area contributed by atoms with Crippen LogP contribution >= 0.6 is 11.6 Å². The second-order valence-corrected chi connectivity index (χ2v) is 7.80. The summed E-state index contributed by atoms with van der Waals surface area (Å²) in [6.07, 6.45) is 7.93. The normalized spacial score (nSPS) is 19.4. The number of carbonyl (C=O) groups excluding carboxylic acids is 1. The highest BCUT2D eigenvalue weighted by Crippen LogP contribution is 2.38. The number of aliphatic hydroxyl groups excluding tert-OH is 1. The summed E-state index contributed by atoms with van der Waals surface area (Å²) in [6, 6.07) is 12.3. The minimum absolute atomic E-state index is 0.0737. The lowest BCUT2D eigenvalue weighted by molar-refractivity contribution is -0.130. The minimum Gasteiger partial charge on any atom is -0.493 e. The molecular formula is C24H26ClNO4. The van der Waals surface area contributed by atoms with Crippen molar-refractivity contribution in [1.82, 2.24) is 5.32 Å². The second kappa shape index (κ2) is 10.4. The van der Waals surface area contributed by atoms with Crippen molar-refractivity contribution in [2.45, 2.75) is 43.7 Å². The standard InChI is InChI=1S/C24H26ClNO4/c1-3-14-30-21-13-10-17(15-22(21)29-2)19-6-4-5-7-20(19)26-24(28)23(27)16-8-11-18(25)12-9-16/h1,8-13,15,19-20,23,27H,4-7,14H2,2H3,(H,26,28)/t19-,20+,23?/m0/s1.